The number of piperidine rings is 1. The standard InChI is InChI=1S/C16H18N4O4/c21-9-10-5-6-20(8-10)11-1-2-12(17-7-11)15(23)18-13-3-4-14(22)19-16(13)24/h1-2,7,9-10,13H,3-6,8H2,(H,18,23)(H,19,22,24)/t10?,13-/m0/s1. The SMILES string of the molecule is O=CC1CCN(c2ccc(C(=O)N[C@H]3CCC(=O)NC3=O)nc2)C1. The second-order valence-corrected chi connectivity index (χ2v) is 6.01. The molecule has 2 aliphatic heterocycles. The molecule has 0 bridgehead atoms. The Morgan fingerprint density at radius 1 is 1.33 bits per heavy atom. The maximum atomic E-state index is 12.2. The number of imide groups is 1. The van der Waals surface area contributed by atoms with Gasteiger partial charge in [-0.15, -0.1) is 0 Å². The highest BCUT2D eigenvalue weighted by Gasteiger charge is 2.28. The van der Waals surface area contributed by atoms with Gasteiger partial charge in [-0.3, -0.25) is 19.7 Å². The third-order valence-corrected chi connectivity index (χ3v) is 4.31. The molecule has 126 valence electrons. The van der Waals surface area contributed by atoms with Crippen molar-refractivity contribution in [3.63, 3.8) is 0 Å². The topological polar surface area (TPSA) is 108 Å². The molecule has 2 saturated heterocycles. The van der Waals surface area contributed by atoms with E-state index in [1.807, 2.05) is 4.90 Å². The fourth-order valence-electron chi connectivity index (χ4n) is 2.90. The number of rotatable bonds is 4. The average molecular weight is 330 g/mol. The Kier molecular flexibility index (Phi) is 4.54. The van der Waals surface area contributed by atoms with Crippen LogP contribution in [0.2, 0.25) is 0 Å². The van der Waals surface area contributed by atoms with Crippen molar-refractivity contribution in [1.82, 2.24) is 15.6 Å². The summed E-state index contributed by atoms with van der Waals surface area (Å²) in [6.07, 6.45) is 3.87. The molecule has 0 aromatic carbocycles. The first-order valence-electron chi connectivity index (χ1n) is 7.87. The van der Waals surface area contributed by atoms with Gasteiger partial charge in [0.1, 0.15) is 18.0 Å². The minimum atomic E-state index is -0.719. The molecule has 3 heterocycles. The molecule has 0 aliphatic carbocycles. The molecule has 2 atom stereocenters. The first-order valence-corrected chi connectivity index (χ1v) is 7.87. The normalized spacial score (nSPS) is 23.8. The summed E-state index contributed by atoms with van der Waals surface area (Å²) < 4.78 is 0. The number of pyridine rings is 1. The minimum Gasteiger partial charge on any atom is -0.370 e. The molecular weight excluding hydrogens is 312 g/mol. The zero-order valence-electron chi connectivity index (χ0n) is 13.0. The highest BCUT2D eigenvalue weighted by molar-refractivity contribution is 6.03. The second kappa shape index (κ2) is 6.77. The summed E-state index contributed by atoms with van der Waals surface area (Å²) in [7, 11) is 0. The fraction of sp³-hybridized carbons (Fsp3) is 0.438. The number of hydrogen-bond acceptors (Lipinski definition) is 6. The molecule has 3 amide bonds. The summed E-state index contributed by atoms with van der Waals surface area (Å²) in [4.78, 5) is 51.9. The van der Waals surface area contributed by atoms with Crippen molar-refractivity contribution in [3.05, 3.63) is 24.0 Å². The molecule has 2 fully saturated rings. The van der Waals surface area contributed by atoms with Gasteiger partial charge < -0.3 is 15.0 Å². The second-order valence-electron chi connectivity index (χ2n) is 6.01. The molecule has 0 saturated carbocycles. The van der Waals surface area contributed by atoms with Crippen molar-refractivity contribution in [2.45, 2.75) is 25.3 Å². The summed E-state index contributed by atoms with van der Waals surface area (Å²) in [6, 6.07) is 2.65. The van der Waals surface area contributed by atoms with Crippen LogP contribution in [0.1, 0.15) is 29.8 Å². The van der Waals surface area contributed by atoms with E-state index in [0.29, 0.717) is 6.54 Å². The zero-order valence-corrected chi connectivity index (χ0v) is 13.0. The van der Waals surface area contributed by atoms with Crippen LogP contribution >= 0.6 is 0 Å². The van der Waals surface area contributed by atoms with Crippen molar-refractivity contribution in [3.8, 4) is 0 Å². The lowest BCUT2D eigenvalue weighted by molar-refractivity contribution is -0.134. The van der Waals surface area contributed by atoms with Gasteiger partial charge in [0.05, 0.1) is 11.9 Å². The molecule has 2 aliphatic rings. The molecule has 2 N–H and O–H groups in total. The molecule has 8 nitrogen and oxygen atoms in total. The highest BCUT2D eigenvalue weighted by Crippen LogP contribution is 2.22. The largest absolute Gasteiger partial charge is 0.370 e. The van der Waals surface area contributed by atoms with Gasteiger partial charge in [-0.05, 0) is 25.0 Å². The van der Waals surface area contributed by atoms with Gasteiger partial charge in [-0.2, -0.15) is 0 Å². The molecule has 8 heteroatoms. The van der Waals surface area contributed by atoms with Crippen LogP contribution in [0.25, 0.3) is 0 Å². The lowest BCUT2D eigenvalue weighted by Crippen LogP contribution is -2.52. The number of amides is 3. The number of hydrogen-bond donors (Lipinski definition) is 2. The highest BCUT2D eigenvalue weighted by atomic mass is 16.2. The van der Waals surface area contributed by atoms with Crippen molar-refractivity contribution >= 4 is 29.7 Å². The van der Waals surface area contributed by atoms with Gasteiger partial charge >= 0.3 is 0 Å². The van der Waals surface area contributed by atoms with E-state index in [4.69, 9.17) is 0 Å². The van der Waals surface area contributed by atoms with E-state index < -0.39 is 17.9 Å². The maximum Gasteiger partial charge on any atom is 0.270 e. The van der Waals surface area contributed by atoms with Gasteiger partial charge in [0, 0.05) is 25.4 Å². The number of anilines is 1. The van der Waals surface area contributed by atoms with Crippen LogP contribution in [-0.4, -0.2) is 48.1 Å². The van der Waals surface area contributed by atoms with Crippen LogP contribution in [0.15, 0.2) is 18.3 Å². The maximum absolute atomic E-state index is 12.2. The molecule has 1 aromatic rings. The Bertz CT molecular complexity index is 673. The predicted octanol–water partition coefficient (Wildman–Crippen LogP) is -0.358. The van der Waals surface area contributed by atoms with Crippen LogP contribution in [-0.2, 0) is 14.4 Å². The van der Waals surface area contributed by atoms with E-state index in [1.54, 1.807) is 18.3 Å². The quantitative estimate of drug-likeness (QED) is 0.577. The number of aldehydes is 1. The molecular formula is C16H18N4O4. The molecule has 0 radical (unpaired) electrons. The molecule has 1 unspecified atom stereocenters. The number of nitrogens with one attached hydrogen (secondary N) is 2. The van der Waals surface area contributed by atoms with Crippen LogP contribution in [0.5, 0.6) is 0 Å². The van der Waals surface area contributed by atoms with Gasteiger partial charge in [0.2, 0.25) is 11.8 Å². The summed E-state index contributed by atoms with van der Waals surface area (Å²) in [5.74, 6) is -1.23. The smallest absolute Gasteiger partial charge is 0.270 e. The molecule has 3 rings (SSSR count). The third-order valence-electron chi connectivity index (χ3n) is 4.31. The first kappa shape index (κ1) is 16.1. The Labute approximate surface area is 138 Å². The number of carbonyl (C=O) groups is 4. The lowest BCUT2D eigenvalue weighted by atomic mass is 10.1. The van der Waals surface area contributed by atoms with Crippen molar-refractivity contribution in [2.24, 2.45) is 5.92 Å². The van der Waals surface area contributed by atoms with E-state index in [0.717, 1.165) is 24.9 Å². The van der Waals surface area contributed by atoms with Gasteiger partial charge in [-0.25, -0.2) is 4.98 Å². The van der Waals surface area contributed by atoms with E-state index in [9.17, 15) is 19.2 Å². The number of carbonyl (C=O) groups excluding carboxylic acids is 4. The van der Waals surface area contributed by atoms with Crippen LogP contribution in [0.4, 0.5) is 5.69 Å². The summed E-state index contributed by atoms with van der Waals surface area (Å²) in [5, 5.41) is 4.78. The average Bonchev–Trinajstić information content (AvgIpc) is 3.06. The fourth-order valence-corrected chi connectivity index (χ4v) is 2.90. The number of nitrogens with zero attached hydrogens (tertiary/aromatic N) is 2. The van der Waals surface area contributed by atoms with E-state index >= 15 is 0 Å². The lowest BCUT2D eigenvalue weighted by Gasteiger charge is -2.22. The summed E-state index contributed by atoms with van der Waals surface area (Å²) in [5.41, 5.74) is 1.06. The molecule has 0 spiro atoms. The van der Waals surface area contributed by atoms with Crippen molar-refractivity contribution in [2.75, 3.05) is 18.0 Å². The summed E-state index contributed by atoms with van der Waals surface area (Å²) >= 11 is 0. The van der Waals surface area contributed by atoms with Crippen molar-refractivity contribution in [1.29, 1.82) is 0 Å². The Morgan fingerprint density at radius 3 is 2.79 bits per heavy atom. The van der Waals surface area contributed by atoms with E-state index in [2.05, 4.69) is 15.6 Å². The van der Waals surface area contributed by atoms with Crippen LogP contribution < -0.4 is 15.5 Å². The van der Waals surface area contributed by atoms with Gasteiger partial charge in [0.15, 0.2) is 0 Å². The monoisotopic (exact) mass is 330 g/mol. The predicted molar refractivity (Wildman–Crippen MR) is 84.3 cm³/mol. The Balaban J connectivity index is 1.61. The van der Waals surface area contributed by atoms with Crippen LogP contribution in [0, 0.1) is 5.92 Å². The Hall–Kier alpha value is -2.77. The first-order chi connectivity index (χ1) is 11.6. The van der Waals surface area contributed by atoms with Crippen molar-refractivity contribution < 1.29 is 19.2 Å². The van der Waals surface area contributed by atoms with E-state index in [1.165, 1.54) is 0 Å². The van der Waals surface area contributed by atoms with Crippen LogP contribution in [0.3, 0.4) is 0 Å². The van der Waals surface area contributed by atoms with Gasteiger partial charge in [-0.1, -0.05) is 0 Å². The third kappa shape index (κ3) is 3.42. The molecule has 1 aromatic heterocycles. The minimum absolute atomic E-state index is 0.0421. The van der Waals surface area contributed by atoms with E-state index in [-0.39, 0.29) is 30.4 Å². The van der Waals surface area contributed by atoms with Gasteiger partial charge in [0.25, 0.3) is 5.91 Å². The molecule has 24 heavy (non-hydrogen) atoms. The Morgan fingerprint density at radius 2 is 2.17 bits per heavy atom. The number of aromatic nitrogens is 1. The zero-order chi connectivity index (χ0) is 17.1. The summed E-state index contributed by atoms with van der Waals surface area (Å²) in [6.45, 7) is 1.44.